The SMILES string of the molecule is Cc1cccc(S(=O)(=O)NC(=O)Nc2nc(C(=O)O)c(Br)s2)c1. The minimum Gasteiger partial charge on any atom is -0.476 e. The van der Waals surface area contributed by atoms with Gasteiger partial charge in [-0.15, -0.1) is 0 Å². The van der Waals surface area contributed by atoms with Gasteiger partial charge in [-0.2, -0.15) is 0 Å². The van der Waals surface area contributed by atoms with Crippen molar-refractivity contribution in [2.45, 2.75) is 11.8 Å². The van der Waals surface area contributed by atoms with Crippen LogP contribution in [0.1, 0.15) is 16.1 Å². The molecule has 3 N–H and O–H groups in total. The molecule has 0 spiro atoms. The van der Waals surface area contributed by atoms with Gasteiger partial charge in [0.05, 0.1) is 4.90 Å². The molecule has 2 aromatic rings. The lowest BCUT2D eigenvalue weighted by atomic mass is 10.2. The molecule has 0 aliphatic heterocycles. The fourth-order valence-corrected chi connectivity index (χ4v) is 3.98. The predicted octanol–water partition coefficient (Wildman–Crippen LogP) is 2.42. The van der Waals surface area contributed by atoms with Crippen molar-refractivity contribution < 1.29 is 23.1 Å². The van der Waals surface area contributed by atoms with E-state index >= 15 is 0 Å². The Bertz CT molecular complexity index is 879. The lowest BCUT2D eigenvalue weighted by molar-refractivity contribution is 0.0690. The highest BCUT2D eigenvalue weighted by molar-refractivity contribution is 9.11. The van der Waals surface area contributed by atoms with Crippen molar-refractivity contribution in [1.29, 1.82) is 0 Å². The minimum atomic E-state index is -4.03. The number of carboxylic acid groups (broad SMARTS) is 1. The standard InChI is InChI=1S/C12H10BrN3O5S2/c1-6-3-2-4-7(5-6)23(20,21)16-11(19)15-12-14-8(10(17)18)9(13)22-12/h2-5H,1H3,(H,17,18)(H2,14,15,16,19). The monoisotopic (exact) mass is 419 g/mol. The molecule has 2 rings (SSSR count). The molecule has 0 saturated carbocycles. The number of anilines is 1. The van der Waals surface area contributed by atoms with E-state index in [9.17, 15) is 18.0 Å². The van der Waals surface area contributed by atoms with E-state index in [4.69, 9.17) is 5.11 Å². The fourth-order valence-electron chi connectivity index (χ4n) is 1.57. The molecule has 0 unspecified atom stereocenters. The molecular formula is C12H10BrN3O5S2. The summed E-state index contributed by atoms with van der Waals surface area (Å²) in [6, 6.07) is 5.01. The third kappa shape index (κ3) is 4.27. The van der Waals surface area contributed by atoms with Crippen molar-refractivity contribution in [2.24, 2.45) is 0 Å². The highest BCUT2D eigenvalue weighted by atomic mass is 79.9. The van der Waals surface area contributed by atoms with Crippen molar-refractivity contribution in [3.05, 3.63) is 39.3 Å². The van der Waals surface area contributed by atoms with Gasteiger partial charge in [-0.05, 0) is 40.5 Å². The minimum absolute atomic E-state index is 0.0498. The Morgan fingerprint density at radius 1 is 1.35 bits per heavy atom. The largest absolute Gasteiger partial charge is 0.476 e. The zero-order valence-corrected chi connectivity index (χ0v) is 14.8. The van der Waals surface area contributed by atoms with Crippen LogP contribution in [0.3, 0.4) is 0 Å². The number of carbonyl (C=O) groups excluding carboxylic acids is 1. The Balaban J connectivity index is 2.13. The van der Waals surface area contributed by atoms with Crippen LogP contribution in [0.2, 0.25) is 0 Å². The molecule has 0 aliphatic rings. The number of nitrogens with one attached hydrogen (secondary N) is 2. The number of carboxylic acids is 1. The van der Waals surface area contributed by atoms with Crippen LogP contribution in [0, 0.1) is 6.92 Å². The highest BCUT2D eigenvalue weighted by Crippen LogP contribution is 2.28. The van der Waals surface area contributed by atoms with Crippen LogP contribution < -0.4 is 10.0 Å². The molecule has 122 valence electrons. The number of aromatic carboxylic acids is 1. The second-order valence-electron chi connectivity index (χ2n) is 4.32. The summed E-state index contributed by atoms with van der Waals surface area (Å²) >= 11 is 3.85. The maximum Gasteiger partial charge on any atom is 0.356 e. The highest BCUT2D eigenvalue weighted by Gasteiger charge is 2.20. The fraction of sp³-hybridized carbons (Fsp3) is 0.0833. The first-order valence-electron chi connectivity index (χ1n) is 5.99. The smallest absolute Gasteiger partial charge is 0.356 e. The second-order valence-corrected chi connectivity index (χ2v) is 8.32. The Labute approximate surface area is 143 Å². The maximum atomic E-state index is 12.1. The van der Waals surface area contributed by atoms with Crippen molar-refractivity contribution in [1.82, 2.24) is 9.71 Å². The number of carbonyl (C=O) groups is 2. The van der Waals surface area contributed by atoms with E-state index < -0.39 is 22.0 Å². The van der Waals surface area contributed by atoms with Gasteiger partial charge in [0.1, 0.15) is 3.79 Å². The average Bonchev–Trinajstić information content (AvgIpc) is 2.78. The van der Waals surface area contributed by atoms with Crippen LogP contribution in [0.25, 0.3) is 0 Å². The van der Waals surface area contributed by atoms with Crippen LogP contribution >= 0.6 is 27.3 Å². The summed E-state index contributed by atoms with van der Waals surface area (Å²) < 4.78 is 26.2. The quantitative estimate of drug-likeness (QED) is 0.698. The molecule has 1 heterocycles. The molecule has 0 fully saturated rings. The molecule has 0 radical (unpaired) electrons. The Hall–Kier alpha value is -1.98. The predicted molar refractivity (Wildman–Crippen MR) is 87.3 cm³/mol. The van der Waals surface area contributed by atoms with Gasteiger partial charge in [0, 0.05) is 0 Å². The molecule has 11 heteroatoms. The third-order valence-corrected chi connectivity index (χ3v) is 5.48. The molecule has 0 saturated heterocycles. The maximum absolute atomic E-state index is 12.1. The van der Waals surface area contributed by atoms with Gasteiger partial charge in [-0.25, -0.2) is 27.7 Å². The molecule has 0 bridgehead atoms. The van der Waals surface area contributed by atoms with Gasteiger partial charge in [0.25, 0.3) is 10.0 Å². The van der Waals surface area contributed by atoms with Crippen LogP contribution in [0.15, 0.2) is 32.9 Å². The Morgan fingerprint density at radius 3 is 2.61 bits per heavy atom. The zero-order valence-electron chi connectivity index (χ0n) is 11.5. The first kappa shape index (κ1) is 17.4. The van der Waals surface area contributed by atoms with E-state index in [0.717, 1.165) is 16.9 Å². The number of sulfonamides is 1. The molecule has 0 atom stereocenters. The lowest BCUT2D eigenvalue weighted by Crippen LogP contribution is -2.34. The number of hydrogen-bond donors (Lipinski definition) is 3. The van der Waals surface area contributed by atoms with Crippen LogP contribution in [-0.2, 0) is 10.0 Å². The number of halogens is 1. The summed E-state index contributed by atoms with van der Waals surface area (Å²) in [5.74, 6) is -1.27. The average molecular weight is 420 g/mol. The van der Waals surface area contributed by atoms with Crippen molar-refractivity contribution in [3.8, 4) is 0 Å². The Morgan fingerprint density at radius 2 is 2.04 bits per heavy atom. The van der Waals surface area contributed by atoms with Crippen LogP contribution in [0.5, 0.6) is 0 Å². The van der Waals surface area contributed by atoms with E-state index in [1.54, 1.807) is 19.1 Å². The number of aryl methyl sites for hydroxylation is 1. The Kier molecular flexibility index (Phi) is 5.02. The number of urea groups is 1. The van der Waals surface area contributed by atoms with Gasteiger partial charge in [0.2, 0.25) is 0 Å². The van der Waals surface area contributed by atoms with Crippen molar-refractivity contribution in [2.75, 3.05) is 5.32 Å². The summed E-state index contributed by atoms with van der Waals surface area (Å²) in [5, 5.41) is 11.0. The normalized spacial score (nSPS) is 11.0. The summed E-state index contributed by atoms with van der Waals surface area (Å²) in [6.45, 7) is 1.72. The number of thiazole rings is 1. The number of nitrogens with zero attached hydrogens (tertiary/aromatic N) is 1. The van der Waals surface area contributed by atoms with Gasteiger partial charge >= 0.3 is 12.0 Å². The molecule has 8 nitrogen and oxygen atoms in total. The molecule has 23 heavy (non-hydrogen) atoms. The number of benzene rings is 1. The van der Waals surface area contributed by atoms with E-state index in [0.29, 0.717) is 0 Å². The van der Waals surface area contributed by atoms with Crippen molar-refractivity contribution >= 4 is 54.4 Å². The summed E-state index contributed by atoms with van der Waals surface area (Å²) in [7, 11) is -4.03. The topological polar surface area (TPSA) is 125 Å². The summed E-state index contributed by atoms with van der Waals surface area (Å²) in [6.07, 6.45) is 0. The van der Waals surface area contributed by atoms with Crippen molar-refractivity contribution in [3.63, 3.8) is 0 Å². The lowest BCUT2D eigenvalue weighted by Gasteiger charge is -2.07. The van der Waals surface area contributed by atoms with Crippen LogP contribution in [0.4, 0.5) is 9.93 Å². The zero-order chi connectivity index (χ0) is 17.2. The van der Waals surface area contributed by atoms with E-state index in [-0.39, 0.29) is 19.5 Å². The third-order valence-electron chi connectivity index (χ3n) is 2.54. The van der Waals surface area contributed by atoms with Gasteiger partial charge in [-0.1, -0.05) is 23.5 Å². The number of amides is 2. The molecular weight excluding hydrogens is 410 g/mol. The first-order valence-corrected chi connectivity index (χ1v) is 9.08. The summed E-state index contributed by atoms with van der Waals surface area (Å²) in [4.78, 5) is 26.3. The molecule has 1 aromatic heterocycles. The van der Waals surface area contributed by atoms with Crippen LogP contribution in [-0.4, -0.2) is 30.5 Å². The van der Waals surface area contributed by atoms with E-state index in [2.05, 4.69) is 26.2 Å². The summed E-state index contributed by atoms with van der Waals surface area (Å²) in [5.41, 5.74) is 0.454. The molecule has 0 aliphatic carbocycles. The number of aromatic nitrogens is 1. The van der Waals surface area contributed by atoms with Gasteiger partial charge in [-0.3, -0.25) is 5.32 Å². The van der Waals surface area contributed by atoms with Gasteiger partial charge < -0.3 is 5.11 Å². The number of rotatable bonds is 4. The molecule has 2 amide bonds. The molecule has 1 aromatic carbocycles. The first-order chi connectivity index (χ1) is 10.7. The van der Waals surface area contributed by atoms with E-state index in [1.165, 1.54) is 12.1 Å². The number of hydrogen-bond acceptors (Lipinski definition) is 6. The van der Waals surface area contributed by atoms with E-state index in [1.807, 2.05) is 4.72 Å². The van der Waals surface area contributed by atoms with Gasteiger partial charge in [0.15, 0.2) is 10.8 Å². The second kappa shape index (κ2) is 6.64.